The van der Waals surface area contributed by atoms with Crippen LogP contribution < -0.4 is 56.5 Å². The van der Waals surface area contributed by atoms with Gasteiger partial charge < -0.3 is 66.2 Å². The summed E-state index contributed by atoms with van der Waals surface area (Å²) in [5.74, 6) is 3.97. The SMILES string of the molecule is CC(C)(C)OC(=O)NCCN.CC1(C)CCC(C=O)CC1.CC1(C)CCC(CCCCNC(=O)OC(C)(C)C)CC1.CC1(C)CCC(CN2CCN(c3ccc4c(n3)N3C[C@@H](CCCNc5cccc(n5)S(=O)(=O)NC4=O)CC3(C)C)C2=O)CC1.CC1(C)CCC(CN2CCNC2=O)CC1.CC1(C)C[C@@H]2CCCNc3cccc(n3)S(=O)(=O)NC(=O)c3ccc(Cl)nc3N1C2. The van der Waals surface area contributed by atoms with Crippen molar-refractivity contribution in [2.75, 3.05) is 110 Å². The fourth-order valence-electron chi connectivity index (χ4n) is 19.1. The van der Waals surface area contributed by atoms with Crippen LogP contribution in [0.5, 0.6) is 0 Å². The van der Waals surface area contributed by atoms with Gasteiger partial charge in [-0.3, -0.25) is 14.5 Å². The number of rotatable bonds is 13. The van der Waals surface area contributed by atoms with E-state index in [1.807, 2.05) is 51.3 Å². The van der Waals surface area contributed by atoms with Gasteiger partial charge in [0, 0.05) is 102 Å². The van der Waals surface area contributed by atoms with Crippen LogP contribution in [-0.4, -0.2) is 196 Å². The number of aldehydes is 1. The maximum absolute atomic E-state index is 13.7. The highest BCUT2D eigenvalue weighted by Crippen LogP contribution is 2.46. The van der Waals surface area contributed by atoms with Crippen molar-refractivity contribution in [2.45, 2.75) is 317 Å². The van der Waals surface area contributed by atoms with E-state index in [-0.39, 0.29) is 55.6 Å². The maximum Gasteiger partial charge on any atom is 0.407 e. The fraction of sp³-hybridized carbons (Fsp3) is 0.722. The molecule has 6 aliphatic heterocycles. The Morgan fingerprint density at radius 3 is 1.38 bits per heavy atom. The van der Waals surface area contributed by atoms with Gasteiger partial charge >= 0.3 is 24.2 Å². The third kappa shape index (κ3) is 32.8. The molecular weight excluding hydrogens is 1710 g/mol. The average Bonchev–Trinajstić information content (AvgIpc) is 1.59. The number of fused-ring (bicyclic) bond motifs is 12. The monoisotopic (exact) mass is 1870 g/mol. The van der Waals surface area contributed by atoms with Crippen LogP contribution in [-0.2, 0) is 34.3 Å². The zero-order valence-electron chi connectivity index (χ0n) is 81.3. The predicted molar refractivity (Wildman–Crippen MR) is 515 cm³/mol. The lowest BCUT2D eigenvalue weighted by molar-refractivity contribution is -0.112. The molecule has 9 N–H and O–H groups in total. The Balaban J connectivity index is 0.000000192. The van der Waals surface area contributed by atoms with Crippen molar-refractivity contribution < 1.29 is 59.9 Å². The van der Waals surface area contributed by atoms with Crippen LogP contribution in [0, 0.1) is 57.2 Å². The van der Waals surface area contributed by atoms with E-state index in [0.29, 0.717) is 120 Å². The summed E-state index contributed by atoms with van der Waals surface area (Å²) in [7, 11) is -8.40. The van der Waals surface area contributed by atoms with Crippen LogP contribution >= 0.6 is 11.6 Å². The average molecular weight is 1870 g/mol. The summed E-state index contributed by atoms with van der Waals surface area (Å²) in [6, 6.07) is 15.7. The molecule has 10 aliphatic rings. The van der Waals surface area contributed by atoms with Gasteiger partial charge in [0.1, 0.15) is 51.7 Å². The summed E-state index contributed by atoms with van der Waals surface area (Å²) >= 11 is 6.14. The lowest BCUT2D eigenvalue weighted by Gasteiger charge is -2.36. The molecule has 4 aliphatic carbocycles. The standard InChI is InChI=1S/C32H45N7O4S.C20H24ClN5O3S.C17H33NO2.C12H22N2O.C9H16O.C7H16N2O2/c1-31(2)14-12-22(13-15-31)20-37-17-18-38(30(37)41)26-11-10-24-28(35-26)39-21-23(19-32(39,3)4)7-6-16-33-25-8-5-9-27(34-25)44(42,43)36-29(24)40;1-20(2)11-13-5-4-10-22-16-6-3-7-17(24-16)30(28,29)25-19(27)14-8-9-15(21)23-18(14)26(20)12-13;1-16(2,3)20-15(19)18-13-7-6-8-14-9-11-17(4,5)12-10-14;1-12(2)5-3-10(4-6-12)9-14-8-7-13-11(14)15;1-9(2)5-3-8(7-10)4-6-9;1-7(2,3)11-6(10)9-5-4-8/h5,8-11,22-23H,6-7,12-21H2,1-4H3,(H,33,34)(H,36,40);3,6-9,13H,4-5,10-12H2,1-2H3,(H,22,24)(H,25,27);14H,6-13H2,1-5H3,(H,18,19);10H,3-9H2,1-2H3,(H,13,15);7-8H,3-6H2,1-2H3;4-5,8H2,1-3H3,(H,9,10)/t23-;13-;;;;/m00..../s1. The molecule has 8 bridgehead atoms. The minimum Gasteiger partial charge on any atom is -0.444 e. The number of nitrogens with one attached hydrogen (secondary N) is 7. The van der Waals surface area contributed by atoms with Crippen molar-refractivity contribution in [2.24, 2.45) is 62.9 Å². The van der Waals surface area contributed by atoms with E-state index < -0.39 is 49.2 Å². The summed E-state index contributed by atoms with van der Waals surface area (Å²) in [4.78, 5) is 112. The molecule has 8 amide bonds. The molecule has 8 fully saturated rings. The van der Waals surface area contributed by atoms with Crippen molar-refractivity contribution in [3.8, 4) is 0 Å². The Morgan fingerprint density at radius 1 is 0.515 bits per heavy atom. The summed E-state index contributed by atoms with van der Waals surface area (Å²) in [6.45, 7) is 47.2. The summed E-state index contributed by atoms with van der Waals surface area (Å²) in [5, 5.41) is 14.4. The Bertz CT molecular complexity index is 4670. The number of nitrogens with two attached hydrogens (primary N) is 1. The van der Waals surface area contributed by atoms with Gasteiger partial charge in [-0.05, 0) is 317 Å². The molecule has 130 heavy (non-hydrogen) atoms. The molecule has 14 rings (SSSR count). The van der Waals surface area contributed by atoms with Crippen molar-refractivity contribution in [1.82, 2.24) is 55.1 Å². The number of hydrogen-bond acceptors (Lipinski definition) is 22. The maximum atomic E-state index is 13.7. The summed E-state index contributed by atoms with van der Waals surface area (Å²) in [6.07, 6.45) is 29.6. The lowest BCUT2D eigenvalue weighted by Crippen LogP contribution is -2.41. The van der Waals surface area contributed by atoms with E-state index in [2.05, 4.69) is 144 Å². The summed E-state index contributed by atoms with van der Waals surface area (Å²) < 4.78 is 66.6. The number of amides is 8. The number of pyridine rings is 4. The minimum absolute atomic E-state index is 0.0662. The molecule has 10 heterocycles. The second kappa shape index (κ2) is 45.6. The highest BCUT2D eigenvalue weighted by atomic mass is 35.5. The van der Waals surface area contributed by atoms with E-state index in [4.69, 9.17) is 31.8 Å². The third-order valence-electron chi connectivity index (χ3n) is 27.0. The summed E-state index contributed by atoms with van der Waals surface area (Å²) in [5.41, 5.74) is 6.06. The van der Waals surface area contributed by atoms with Crippen molar-refractivity contribution >= 4 is 103 Å². The molecule has 4 saturated heterocycles. The molecule has 0 radical (unpaired) electrons. The van der Waals surface area contributed by atoms with Crippen LogP contribution in [0.15, 0.2) is 70.7 Å². The van der Waals surface area contributed by atoms with Gasteiger partial charge in [-0.1, -0.05) is 92.0 Å². The van der Waals surface area contributed by atoms with Gasteiger partial charge in [-0.25, -0.2) is 48.6 Å². The molecule has 0 spiro atoms. The Hall–Kier alpha value is -8.36. The zero-order chi connectivity index (χ0) is 95.4. The first-order chi connectivity index (χ1) is 60.8. The molecule has 0 unspecified atom stereocenters. The van der Waals surface area contributed by atoms with Crippen molar-refractivity contribution in [1.29, 1.82) is 0 Å². The predicted octanol–water partition coefficient (Wildman–Crippen LogP) is 17.9. The molecule has 4 aromatic rings. The molecule has 4 aromatic heterocycles. The smallest absolute Gasteiger partial charge is 0.407 e. The fourth-order valence-corrected chi connectivity index (χ4v) is 21.1. The highest BCUT2D eigenvalue weighted by Gasteiger charge is 2.45. The van der Waals surface area contributed by atoms with E-state index in [1.54, 1.807) is 41.3 Å². The number of unbranched alkanes of at least 4 members (excludes halogenated alkanes) is 1. The van der Waals surface area contributed by atoms with E-state index in [1.165, 1.54) is 114 Å². The van der Waals surface area contributed by atoms with Crippen LogP contribution in [0.2, 0.25) is 5.15 Å². The molecular formula is C97H156ClN17O13S2. The van der Waals surface area contributed by atoms with E-state index in [9.17, 15) is 50.4 Å². The number of sulfonamides is 2. The first-order valence-corrected chi connectivity index (χ1v) is 51.1. The molecule has 33 heteroatoms. The minimum atomic E-state index is -4.25. The lowest BCUT2D eigenvalue weighted by atomic mass is 9.72. The third-order valence-corrected chi connectivity index (χ3v) is 29.7. The highest BCUT2D eigenvalue weighted by molar-refractivity contribution is 7.90. The number of urea groups is 2. The largest absolute Gasteiger partial charge is 0.444 e. The quantitative estimate of drug-likeness (QED) is 0.0350. The molecule has 0 aromatic carbocycles. The van der Waals surface area contributed by atoms with Gasteiger partial charge in [0.2, 0.25) is 0 Å². The zero-order valence-corrected chi connectivity index (χ0v) is 83.7. The Morgan fingerprint density at radius 2 is 0.946 bits per heavy atom. The van der Waals surface area contributed by atoms with Gasteiger partial charge in [-0.2, -0.15) is 16.8 Å². The number of nitrogens with zero attached hydrogens (tertiary/aromatic N) is 9. The number of carbonyl (C=O) groups is 7. The molecule has 726 valence electrons. The molecule has 2 atom stereocenters. The van der Waals surface area contributed by atoms with Crippen LogP contribution in [0.1, 0.15) is 306 Å². The van der Waals surface area contributed by atoms with Crippen LogP contribution in [0.3, 0.4) is 0 Å². The second-order valence-electron chi connectivity index (χ2n) is 43.9. The van der Waals surface area contributed by atoms with E-state index >= 15 is 0 Å². The molecule has 4 saturated carbocycles. The van der Waals surface area contributed by atoms with E-state index in [0.717, 1.165) is 128 Å². The van der Waals surface area contributed by atoms with Crippen molar-refractivity contribution in [3.05, 3.63) is 76.9 Å². The van der Waals surface area contributed by atoms with Gasteiger partial charge in [-0.15, -0.1) is 0 Å². The van der Waals surface area contributed by atoms with Gasteiger partial charge in [0.25, 0.3) is 31.9 Å². The first kappa shape index (κ1) is 105. The molecule has 30 nitrogen and oxygen atoms in total. The number of anilines is 5. The first-order valence-electron chi connectivity index (χ1n) is 47.8. The number of carbonyl (C=O) groups excluding carboxylic acids is 7. The topological polar surface area (TPSA) is 384 Å². The number of aromatic nitrogens is 4. The second-order valence-corrected chi connectivity index (χ2v) is 47.6. The number of halogens is 1. The van der Waals surface area contributed by atoms with Gasteiger partial charge in [0.05, 0.1) is 11.1 Å². The number of hydrogen-bond donors (Lipinski definition) is 8. The van der Waals surface area contributed by atoms with Crippen LogP contribution in [0.25, 0.3) is 0 Å². The Labute approximate surface area is 781 Å². The number of ether oxygens (including phenoxy) is 2. The van der Waals surface area contributed by atoms with Crippen LogP contribution in [0.4, 0.5) is 48.3 Å². The van der Waals surface area contributed by atoms with Gasteiger partial charge in [0.15, 0.2) is 10.1 Å². The normalized spacial score (nSPS) is 22.8. The number of alkyl carbamates (subject to hydrolysis) is 2. The van der Waals surface area contributed by atoms with Crippen molar-refractivity contribution in [3.63, 3.8) is 0 Å². The Kier molecular flexibility index (Phi) is 36.9.